The Kier molecular flexibility index (Phi) is 4.14. The quantitative estimate of drug-likeness (QED) is 0.860. The van der Waals surface area contributed by atoms with Crippen LogP contribution >= 0.6 is 15.9 Å². The lowest BCUT2D eigenvalue weighted by Gasteiger charge is -2.11. The third-order valence-corrected chi connectivity index (χ3v) is 2.97. The predicted octanol–water partition coefficient (Wildman–Crippen LogP) is 3.50. The number of rotatable bonds is 4. The van der Waals surface area contributed by atoms with E-state index in [0.717, 1.165) is 12.1 Å². The van der Waals surface area contributed by atoms with Gasteiger partial charge >= 0.3 is 6.61 Å². The van der Waals surface area contributed by atoms with Crippen LogP contribution in [-0.2, 0) is 6.42 Å². The largest absolute Gasteiger partial charge is 0.431 e. The topological polar surface area (TPSA) is 39.9 Å². The number of aromatic nitrogens is 3. The molecule has 0 amide bonds. The number of halogens is 3. The zero-order valence-corrected chi connectivity index (χ0v) is 12.0. The summed E-state index contributed by atoms with van der Waals surface area (Å²) in [5.74, 6) is 0.978. The number of ether oxygens (including phenoxy) is 1. The molecule has 0 unspecified atom stereocenters. The van der Waals surface area contributed by atoms with Gasteiger partial charge in [-0.3, -0.25) is 4.57 Å². The van der Waals surface area contributed by atoms with Crippen molar-refractivity contribution in [1.82, 2.24) is 14.5 Å². The first-order valence-electron chi connectivity index (χ1n) is 5.67. The van der Waals surface area contributed by atoms with Gasteiger partial charge in [0.15, 0.2) is 11.6 Å². The molecule has 2 heterocycles. The highest BCUT2D eigenvalue weighted by Gasteiger charge is 2.15. The van der Waals surface area contributed by atoms with Crippen LogP contribution in [0.4, 0.5) is 8.78 Å². The molecule has 0 saturated carbocycles. The van der Waals surface area contributed by atoms with Crippen molar-refractivity contribution in [2.75, 3.05) is 0 Å². The molecule has 0 saturated heterocycles. The van der Waals surface area contributed by atoms with Crippen molar-refractivity contribution < 1.29 is 13.5 Å². The summed E-state index contributed by atoms with van der Waals surface area (Å²) in [7, 11) is 0. The molecule has 0 radical (unpaired) electrons. The van der Waals surface area contributed by atoms with E-state index in [1.165, 1.54) is 12.3 Å². The average molecular weight is 332 g/mol. The highest BCUT2D eigenvalue weighted by atomic mass is 79.9. The summed E-state index contributed by atoms with van der Waals surface area (Å²) in [5.41, 5.74) is 0.866. The molecule has 0 spiro atoms. The van der Waals surface area contributed by atoms with Gasteiger partial charge in [0.1, 0.15) is 5.82 Å². The van der Waals surface area contributed by atoms with Gasteiger partial charge in [0.25, 0.3) is 0 Å². The van der Waals surface area contributed by atoms with Gasteiger partial charge in [0, 0.05) is 22.9 Å². The fourth-order valence-corrected chi connectivity index (χ4v) is 2.01. The van der Waals surface area contributed by atoms with E-state index in [1.54, 1.807) is 17.7 Å². The summed E-state index contributed by atoms with van der Waals surface area (Å²) < 4.78 is 31.6. The first-order chi connectivity index (χ1) is 9.01. The lowest BCUT2D eigenvalue weighted by molar-refractivity contribution is -0.0501. The third-order valence-electron chi connectivity index (χ3n) is 2.54. The molecule has 0 atom stereocenters. The van der Waals surface area contributed by atoms with Crippen molar-refractivity contribution in [3.63, 3.8) is 0 Å². The van der Waals surface area contributed by atoms with Crippen LogP contribution in [0.5, 0.6) is 5.75 Å². The van der Waals surface area contributed by atoms with Crippen LogP contribution in [0.1, 0.15) is 18.4 Å². The lowest BCUT2D eigenvalue weighted by Crippen LogP contribution is -2.08. The number of aryl methyl sites for hydroxylation is 2. The van der Waals surface area contributed by atoms with E-state index in [1.807, 2.05) is 6.92 Å². The van der Waals surface area contributed by atoms with Crippen LogP contribution in [0.15, 0.2) is 22.9 Å². The second-order valence-corrected chi connectivity index (χ2v) is 4.77. The summed E-state index contributed by atoms with van der Waals surface area (Å²) in [6.07, 6.45) is 4.05. The number of alkyl halides is 2. The van der Waals surface area contributed by atoms with E-state index in [4.69, 9.17) is 0 Å². The van der Waals surface area contributed by atoms with Crippen molar-refractivity contribution >= 4 is 15.9 Å². The molecule has 0 aliphatic carbocycles. The second-order valence-electron chi connectivity index (χ2n) is 3.86. The maximum Gasteiger partial charge on any atom is 0.387 e. The molecule has 0 N–H and O–H groups in total. The number of hydrogen-bond donors (Lipinski definition) is 0. The minimum Gasteiger partial charge on any atom is -0.431 e. The minimum absolute atomic E-state index is 0.00697. The van der Waals surface area contributed by atoms with E-state index < -0.39 is 6.61 Å². The maximum atomic E-state index is 12.4. The second kappa shape index (κ2) is 5.64. The Bertz CT molecular complexity index is 586. The zero-order valence-electron chi connectivity index (χ0n) is 10.4. The molecular formula is C12H12BrF2N3O. The molecule has 0 aliphatic heterocycles. The van der Waals surface area contributed by atoms with Gasteiger partial charge in [0.05, 0.1) is 5.69 Å². The molecule has 0 aromatic carbocycles. The Morgan fingerprint density at radius 3 is 2.79 bits per heavy atom. The van der Waals surface area contributed by atoms with Crippen molar-refractivity contribution in [2.45, 2.75) is 26.9 Å². The average Bonchev–Trinajstić information content (AvgIpc) is 2.70. The Hall–Kier alpha value is -1.50. The zero-order chi connectivity index (χ0) is 14.0. The summed E-state index contributed by atoms with van der Waals surface area (Å²) in [6.45, 7) is 0.858. The van der Waals surface area contributed by atoms with Crippen molar-refractivity contribution in [1.29, 1.82) is 0 Å². The minimum atomic E-state index is -2.90. The summed E-state index contributed by atoms with van der Waals surface area (Å²) >= 11 is 3.18. The van der Waals surface area contributed by atoms with Gasteiger partial charge in [-0.25, -0.2) is 9.97 Å². The molecule has 2 aromatic rings. The summed E-state index contributed by atoms with van der Waals surface area (Å²) in [5, 5.41) is 0. The first kappa shape index (κ1) is 13.9. The number of pyridine rings is 1. The van der Waals surface area contributed by atoms with Crippen LogP contribution in [-0.4, -0.2) is 21.1 Å². The van der Waals surface area contributed by atoms with Gasteiger partial charge in [-0.15, -0.1) is 0 Å². The Morgan fingerprint density at radius 1 is 1.47 bits per heavy atom. The van der Waals surface area contributed by atoms with Crippen LogP contribution < -0.4 is 4.74 Å². The SMILES string of the molecule is CCc1cn(-c2ncc(Br)cc2OC(F)F)c(C)n1. The molecule has 0 bridgehead atoms. The Labute approximate surface area is 117 Å². The molecule has 4 nitrogen and oxygen atoms in total. The smallest absolute Gasteiger partial charge is 0.387 e. The van der Waals surface area contributed by atoms with Crippen LogP contribution in [0, 0.1) is 6.92 Å². The van der Waals surface area contributed by atoms with E-state index in [9.17, 15) is 8.78 Å². The molecule has 2 aromatic heterocycles. The van der Waals surface area contributed by atoms with Crippen molar-refractivity contribution in [2.24, 2.45) is 0 Å². The monoisotopic (exact) mass is 331 g/mol. The van der Waals surface area contributed by atoms with Crippen molar-refractivity contribution in [3.05, 3.63) is 34.5 Å². The molecule has 2 rings (SSSR count). The molecular weight excluding hydrogens is 320 g/mol. The summed E-state index contributed by atoms with van der Waals surface area (Å²) in [4.78, 5) is 8.44. The van der Waals surface area contributed by atoms with Gasteiger partial charge in [0.2, 0.25) is 0 Å². The van der Waals surface area contributed by atoms with E-state index in [0.29, 0.717) is 16.1 Å². The number of hydrogen-bond acceptors (Lipinski definition) is 3. The van der Waals surface area contributed by atoms with Crippen LogP contribution in [0.3, 0.4) is 0 Å². The first-order valence-corrected chi connectivity index (χ1v) is 6.46. The highest BCUT2D eigenvalue weighted by molar-refractivity contribution is 9.10. The highest BCUT2D eigenvalue weighted by Crippen LogP contribution is 2.27. The summed E-state index contributed by atoms with van der Waals surface area (Å²) in [6, 6.07) is 1.46. The van der Waals surface area contributed by atoms with E-state index in [2.05, 4.69) is 30.6 Å². The molecule has 7 heteroatoms. The molecule has 0 fully saturated rings. The van der Waals surface area contributed by atoms with Gasteiger partial charge < -0.3 is 4.74 Å². The predicted molar refractivity (Wildman–Crippen MR) is 69.8 cm³/mol. The van der Waals surface area contributed by atoms with Gasteiger partial charge in [-0.05, 0) is 29.3 Å². The normalized spacial score (nSPS) is 11.1. The fraction of sp³-hybridized carbons (Fsp3) is 0.333. The third kappa shape index (κ3) is 3.09. The van der Waals surface area contributed by atoms with Gasteiger partial charge in [-0.1, -0.05) is 6.92 Å². The lowest BCUT2D eigenvalue weighted by atomic mass is 10.4. The van der Waals surface area contributed by atoms with Crippen molar-refractivity contribution in [3.8, 4) is 11.6 Å². The molecule has 102 valence electrons. The molecule has 19 heavy (non-hydrogen) atoms. The van der Waals surface area contributed by atoms with Crippen LogP contribution in [0.2, 0.25) is 0 Å². The van der Waals surface area contributed by atoms with E-state index >= 15 is 0 Å². The maximum absolute atomic E-state index is 12.4. The Balaban J connectivity index is 2.50. The standard InChI is InChI=1S/C12H12BrF2N3O/c1-3-9-6-18(7(2)17-9)11-10(19-12(14)15)4-8(13)5-16-11/h4-6,12H,3H2,1-2H3. The number of imidazole rings is 1. The Morgan fingerprint density at radius 2 is 2.21 bits per heavy atom. The fourth-order valence-electron chi connectivity index (χ4n) is 1.69. The van der Waals surface area contributed by atoms with Gasteiger partial charge in [-0.2, -0.15) is 8.78 Å². The van der Waals surface area contributed by atoms with E-state index in [-0.39, 0.29) is 5.75 Å². The number of nitrogens with zero attached hydrogens (tertiary/aromatic N) is 3. The van der Waals surface area contributed by atoms with Crippen LogP contribution in [0.25, 0.3) is 5.82 Å². The molecule has 0 aliphatic rings.